The van der Waals surface area contributed by atoms with E-state index in [1.165, 1.54) is 18.2 Å². The highest BCUT2D eigenvalue weighted by atomic mass is 19.4. The van der Waals surface area contributed by atoms with Gasteiger partial charge in [0.25, 0.3) is 5.91 Å². The normalized spacial score (nSPS) is 11.8. The Balaban J connectivity index is 1.72. The van der Waals surface area contributed by atoms with Gasteiger partial charge in [0.05, 0.1) is 17.5 Å². The first-order valence-corrected chi connectivity index (χ1v) is 8.38. The molecule has 0 saturated carbocycles. The smallest absolute Gasteiger partial charge is 0.272 e. The van der Waals surface area contributed by atoms with Crippen LogP contribution in [0.4, 0.5) is 13.2 Å². The lowest BCUT2D eigenvalue weighted by Gasteiger charge is -2.09. The number of aromatic amines is 1. The summed E-state index contributed by atoms with van der Waals surface area (Å²) in [5.74, 6) is -0.608. The SMILES string of the molecule is Cc1ccc(-c2cc(C(=O)NN=Cc3ccccc3C(F)(F)F)[nH]n2)cc1C. The predicted octanol–water partition coefficient (Wildman–Crippen LogP) is 4.48. The Bertz CT molecular complexity index is 1040. The molecule has 144 valence electrons. The van der Waals surface area contributed by atoms with Crippen LogP contribution in [0.5, 0.6) is 0 Å². The quantitative estimate of drug-likeness (QED) is 0.513. The predicted molar refractivity (Wildman–Crippen MR) is 100 cm³/mol. The lowest BCUT2D eigenvalue weighted by atomic mass is 10.0. The third kappa shape index (κ3) is 4.28. The third-order valence-electron chi connectivity index (χ3n) is 4.26. The fourth-order valence-corrected chi connectivity index (χ4v) is 2.58. The lowest BCUT2D eigenvalue weighted by Crippen LogP contribution is -2.18. The molecule has 8 heteroatoms. The summed E-state index contributed by atoms with van der Waals surface area (Å²) < 4.78 is 38.9. The number of hydrogen-bond donors (Lipinski definition) is 2. The fourth-order valence-electron chi connectivity index (χ4n) is 2.58. The molecule has 0 atom stereocenters. The van der Waals surface area contributed by atoms with Gasteiger partial charge < -0.3 is 0 Å². The summed E-state index contributed by atoms with van der Waals surface area (Å²) in [6.07, 6.45) is -3.54. The zero-order valence-electron chi connectivity index (χ0n) is 15.1. The molecule has 0 saturated heterocycles. The van der Waals surface area contributed by atoms with E-state index in [-0.39, 0.29) is 11.3 Å². The molecule has 0 aliphatic carbocycles. The molecular weight excluding hydrogens is 369 g/mol. The third-order valence-corrected chi connectivity index (χ3v) is 4.26. The monoisotopic (exact) mass is 386 g/mol. The maximum Gasteiger partial charge on any atom is 0.417 e. The van der Waals surface area contributed by atoms with Crippen LogP contribution >= 0.6 is 0 Å². The van der Waals surface area contributed by atoms with E-state index < -0.39 is 17.6 Å². The molecule has 0 aliphatic heterocycles. The van der Waals surface area contributed by atoms with Crippen molar-refractivity contribution in [1.29, 1.82) is 0 Å². The number of carbonyl (C=O) groups excluding carboxylic acids is 1. The number of amides is 1. The van der Waals surface area contributed by atoms with Crippen LogP contribution < -0.4 is 5.43 Å². The first kappa shape index (κ1) is 19.3. The summed E-state index contributed by atoms with van der Waals surface area (Å²) in [6, 6.07) is 12.3. The number of halogens is 3. The maximum atomic E-state index is 13.0. The Hall–Kier alpha value is -3.42. The van der Waals surface area contributed by atoms with Crippen LogP contribution in [0, 0.1) is 13.8 Å². The van der Waals surface area contributed by atoms with Gasteiger partial charge >= 0.3 is 6.18 Å². The van der Waals surface area contributed by atoms with Gasteiger partial charge in [0, 0.05) is 11.1 Å². The van der Waals surface area contributed by atoms with Gasteiger partial charge in [-0.05, 0) is 43.2 Å². The second-order valence-electron chi connectivity index (χ2n) is 6.25. The Morgan fingerprint density at radius 1 is 1.11 bits per heavy atom. The summed E-state index contributed by atoms with van der Waals surface area (Å²) in [6.45, 7) is 3.98. The number of H-pyrrole nitrogens is 1. The number of rotatable bonds is 4. The number of carbonyl (C=O) groups is 1. The molecule has 0 fully saturated rings. The molecule has 28 heavy (non-hydrogen) atoms. The van der Waals surface area contributed by atoms with E-state index >= 15 is 0 Å². The largest absolute Gasteiger partial charge is 0.417 e. The van der Waals surface area contributed by atoms with Crippen molar-refractivity contribution in [2.45, 2.75) is 20.0 Å². The van der Waals surface area contributed by atoms with Gasteiger partial charge in [0.2, 0.25) is 0 Å². The van der Waals surface area contributed by atoms with Crippen LogP contribution in [-0.4, -0.2) is 22.3 Å². The Labute approximate surface area is 159 Å². The summed E-state index contributed by atoms with van der Waals surface area (Å²) in [5.41, 5.74) is 5.05. The van der Waals surface area contributed by atoms with Crippen LogP contribution in [0.2, 0.25) is 0 Å². The molecule has 0 radical (unpaired) electrons. The molecule has 3 aromatic rings. The number of nitrogens with one attached hydrogen (secondary N) is 2. The number of benzene rings is 2. The minimum atomic E-state index is -4.50. The van der Waals surface area contributed by atoms with Gasteiger partial charge in [-0.3, -0.25) is 9.89 Å². The highest BCUT2D eigenvalue weighted by molar-refractivity contribution is 5.94. The van der Waals surface area contributed by atoms with E-state index in [9.17, 15) is 18.0 Å². The number of nitrogens with zero attached hydrogens (tertiary/aromatic N) is 2. The minimum absolute atomic E-state index is 0.143. The molecular formula is C20H17F3N4O. The lowest BCUT2D eigenvalue weighted by molar-refractivity contribution is -0.137. The van der Waals surface area contributed by atoms with Crippen molar-refractivity contribution < 1.29 is 18.0 Å². The van der Waals surface area contributed by atoms with Crippen LogP contribution in [0.15, 0.2) is 53.6 Å². The van der Waals surface area contributed by atoms with E-state index in [0.29, 0.717) is 5.69 Å². The highest BCUT2D eigenvalue weighted by Gasteiger charge is 2.32. The molecule has 5 nitrogen and oxygen atoms in total. The van der Waals surface area contributed by atoms with Crippen molar-refractivity contribution in [3.05, 3.63) is 76.5 Å². The summed E-state index contributed by atoms with van der Waals surface area (Å²) in [7, 11) is 0. The average Bonchev–Trinajstić information content (AvgIpc) is 3.14. The van der Waals surface area contributed by atoms with Crippen LogP contribution in [-0.2, 0) is 6.18 Å². The summed E-state index contributed by atoms with van der Waals surface area (Å²) in [4.78, 5) is 12.2. The molecule has 0 spiro atoms. The average molecular weight is 386 g/mol. The van der Waals surface area contributed by atoms with E-state index in [2.05, 4.69) is 20.7 Å². The molecule has 0 unspecified atom stereocenters. The van der Waals surface area contributed by atoms with Crippen LogP contribution in [0.3, 0.4) is 0 Å². The maximum absolute atomic E-state index is 13.0. The van der Waals surface area contributed by atoms with Crippen LogP contribution in [0.1, 0.15) is 32.7 Å². The molecule has 0 bridgehead atoms. The second-order valence-corrected chi connectivity index (χ2v) is 6.25. The topological polar surface area (TPSA) is 70.1 Å². The molecule has 2 N–H and O–H groups in total. The van der Waals surface area contributed by atoms with Gasteiger partial charge in [-0.2, -0.15) is 23.4 Å². The van der Waals surface area contributed by atoms with E-state index in [0.717, 1.165) is 29.0 Å². The van der Waals surface area contributed by atoms with Crippen molar-refractivity contribution in [1.82, 2.24) is 15.6 Å². The number of hydrogen-bond acceptors (Lipinski definition) is 3. The zero-order valence-corrected chi connectivity index (χ0v) is 15.1. The molecule has 1 heterocycles. The van der Waals surface area contributed by atoms with Crippen molar-refractivity contribution in [2.24, 2.45) is 5.10 Å². The number of alkyl halides is 3. The summed E-state index contributed by atoms with van der Waals surface area (Å²) >= 11 is 0. The molecule has 1 amide bonds. The second kappa shape index (κ2) is 7.67. The van der Waals surface area contributed by atoms with E-state index in [4.69, 9.17) is 0 Å². The van der Waals surface area contributed by atoms with Crippen molar-refractivity contribution in [2.75, 3.05) is 0 Å². The molecule has 1 aromatic heterocycles. The van der Waals surface area contributed by atoms with Gasteiger partial charge in [0.1, 0.15) is 5.69 Å². The first-order chi connectivity index (χ1) is 13.3. The van der Waals surface area contributed by atoms with Crippen LogP contribution in [0.25, 0.3) is 11.3 Å². The highest BCUT2D eigenvalue weighted by Crippen LogP contribution is 2.31. The minimum Gasteiger partial charge on any atom is -0.272 e. The standard InChI is InChI=1S/C20H17F3N4O/c1-12-7-8-14(9-13(12)2)17-10-18(26-25-17)19(28)27-24-11-15-5-3-4-6-16(15)20(21,22)23/h3-11H,1-2H3,(H,25,26)(H,27,28). The fraction of sp³-hybridized carbons (Fsp3) is 0.150. The van der Waals surface area contributed by atoms with Crippen molar-refractivity contribution in [3.8, 4) is 11.3 Å². The van der Waals surface area contributed by atoms with Gasteiger partial charge in [0.15, 0.2) is 0 Å². The van der Waals surface area contributed by atoms with Gasteiger partial charge in [-0.15, -0.1) is 0 Å². The Morgan fingerprint density at radius 3 is 2.57 bits per heavy atom. The number of aryl methyl sites for hydroxylation is 2. The van der Waals surface area contributed by atoms with Crippen molar-refractivity contribution >= 4 is 12.1 Å². The van der Waals surface area contributed by atoms with Gasteiger partial charge in [-0.1, -0.05) is 30.3 Å². The van der Waals surface area contributed by atoms with Crippen molar-refractivity contribution in [3.63, 3.8) is 0 Å². The Morgan fingerprint density at radius 2 is 1.86 bits per heavy atom. The molecule has 3 rings (SSSR count). The molecule has 0 aliphatic rings. The Kier molecular flexibility index (Phi) is 5.30. The summed E-state index contributed by atoms with van der Waals surface area (Å²) in [5, 5.41) is 10.3. The van der Waals surface area contributed by atoms with E-state index in [1.54, 1.807) is 6.07 Å². The molecule has 2 aromatic carbocycles. The number of aromatic nitrogens is 2. The first-order valence-electron chi connectivity index (χ1n) is 8.38. The zero-order chi connectivity index (χ0) is 20.3. The number of hydrazone groups is 1. The van der Waals surface area contributed by atoms with Gasteiger partial charge in [-0.25, -0.2) is 5.43 Å². The van der Waals surface area contributed by atoms with E-state index in [1.807, 2.05) is 32.0 Å².